The molecule has 25 nitrogen and oxygen atoms in total. The second kappa shape index (κ2) is 30.8. The third kappa shape index (κ3) is 22.0. The lowest BCUT2D eigenvalue weighted by atomic mass is 9.94. The highest BCUT2D eigenvalue weighted by atomic mass is 16.5. The van der Waals surface area contributed by atoms with E-state index in [0.29, 0.717) is 12.0 Å². The van der Waals surface area contributed by atoms with Crippen LogP contribution in [0.5, 0.6) is 0 Å². The van der Waals surface area contributed by atoms with Crippen LogP contribution in [0.3, 0.4) is 0 Å². The number of nitrogens with two attached hydrogens (primary N) is 4. The average molecular weight is 1020 g/mol. The Labute approximate surface area is 424 Å². The molecular formula is C48H73N13O12. The summed E-state index contributed by atoms with van der Waals surface area (Å²) in [7, 11) is 2.79. The third-order valence-corrected chi connectivity index (χ3v) is 11.7. The summed E-state index contributed by atoms with van der Waals surface area (Å²) in [6.45, 7) is 10.1. The number of carboxylic acid groups (broad SMARTS) is 2. The summed E-state index contributed by atoms with van der Waals surface area (Å²) in [5.41, 5.74) is 23.1. The largest absolute Gasteiger partial charge is 0.480 e. The van der Waals surface area contributed by atoms with Crippen molar-refractivity contribution in [3.05, 3.63) is 72.0 Å². The van der Waals surface area contributed by atoms with E-state index in [1.165, 1.54) is 27.0 Å². The second-order valence-electron chi connectivity index (χ2n) is 17.6. The number of nitrogens with zero attached hydrogens (tertiary/aromatic N) is 3. The van der Waals surface area contributed by atoms with Crippen molar-refractivity contribution in [3.8, 4) is 0 Å². The molecule has 1 aliphatic rings. The van der Waals surface area contributed by atoms with E-state index >= 15 is 0 Å². The molecule has 9 atom stereocenters. The van der Waals surface area contributed by atoms with Gasteiger partial charge in [-0.05, 0) is 57.9 Å². The molecule has 0 saturated carbocycles. The fraction of sp³-hybridized carbons (Fsp3) is 0.521. The van der Waals surface area contributed by atoms with Crippen molar-refractivity contribution in [1.29, 1.82) is 0 Å². The minimum atomic E-state index is -1.91. The monoisotopic (exact) mass is 1020 g/mol. The Bertz CT molecular complexity index is 2250. The first kappa shape index (κ1) is 61.3. The van der Waals surface area contributed by atoms with Crippen LogP contribution in [0.1, 0.15) is 78.2 Å². The Morgan fingerprint density at radius 1 is 0.808 bits per heavy atom. The Kier molecular flexibility index (Phi) is 25.9. The number of aliphatic carboxylic acids is 2. The molecule has 2 rings (SSSR count). The van der Waals surface area contributed by atoms with E-state index in [0.717, 1.165) is 10.5 Å². The number of carbonyl (C=O) groups excluding carboxylic acids is 7. The van der Waals surface area contributed by atoms with Gasteiger partial charge in [-0.1, -0.05) is 74.6 Å². The van der Waals surface area contributed by atoms with Gasteiger partial charge in [-0.2, -0.15) is 0 Å². The van der Waals surface area contributed by atoms with Crippen molar-refractivity contribution >= 4 is 65.2 Å². The fourth-order valence-electron chi connectivity index (χ4n) is 7.33. The molecule has 0 radical (unpaired) electrons. The standard InChI is InChI=1S/C48H73N13O12/c1-26(23-27(2)37(73-7)24-31-13-9-8-10-14-31)17-18-32-28(3)40(64)59-35(45(69)70)19-20-39(63)61(6)30(5)42(66)55-29(4)41(65)58-34(16-12-22-54-48(51)52)44(68)60-36(46(71)72)25-38(62)56-33(43(67)57-32)15-11-21-53-47(49)50/h8-10,13-14,17-18,23,27-29,32-37H,5,11-12,15-16,19-22,24-25H2,1-4,6-7H3,(H,55,66)(H,56,62)(H,57,67)(H,58,65)(H,59,64)(H,60,68)(H,69,70)(H,71,72)(H4,49,50,53)(H4,51,52,54)/t27-,28-,29+,32-,33-,34-,35+,36+,37-/m0/s1. The maximum atomic E-state index is 14.3. The maximum absolute atomic E-state index is 14.3. The van der Waals surface area contributed by atoms with Gasteiger partial charge in [0, 0.05) is 39.6 Å². The van der Waals surface area contributed by atoms with E-state index < -0.39 is 120 Å². The van der Waals surface area contributed by atoms with Crippen LogP contribution in [-0.2, 0) is 54.3 Å². The molecule has 1 aromatic carbocycles. The summed E-state index contributed by atoms with van der Waals surface area (Å²) < 4.78 is 5.81. The molecule has 1 aliphatic heterocycles. The number of rotatable bonds is 17. The summed E-state index contributed by atoms with van der Waals surface area (Å²) in [4.78, 5) is 129. The molecule has 1 saturated heterocycles. The van der Waals surface area contributed by atoms with Gasteiger partial charge in [0.2, 0.25) is 35.4 Å². The number of carboxylic acids is 2. The predicted octanol–water partition coefficient (Wildman–Crippen LogP) is -1.62. The van der Waals surface area contributed by atoms with Gasteiger partial charge in [-0.3, -0.25) is 43.5 Å². The average Bonchev–Trinajstić information content (AvgIpc) is 3.33. The molecule has 16 N–H and O–H groups in total. The molecule has 402 valence electrons. The van der Waals surface area contributed by atoms with Crippen molar-refractivity contribution in [3.63, 3.8) is 0 Å². The van der Waals surface area contributed by atoms with Gasteiger partial charge in [-0.15, -0.1) is 0 Å². The van der Waals surface area contributed by atoms with Crippen LogP contribution in [0.15, 0.2) is 76.4 Å². The molecule has 73 heavy (non-hydrogen) atoms. The number of guanidine groups is 2. The van der Waals surface area contributed by atoms with Crippen LogP contribution < -0.4 is 54.8 Å². The van der Waals surface area contributed by atoms with E-state index in [1.807, 2.05) is 43.3 Å². The minimum absolute atomic E-state index is 0.00175. The predicted molar refractivity (Wildman–Crippen MR) is 270 cm³/mol. The number of allylic oxidation sites excluding steroid dienone is 2. The molecule has 0 aliphatic carbocycles. The number of methoxy groups -OCH3 is 1. The molecule has 25 heteroatoms. The summed E-state index contributed by atoms with van der Waals surface area (Å²) in [5, 5.41) is 35.1. The summed E-state index contributed by atoms with van der Waals surface area (Å²) in [6.07, 6.45) is 3.51. The Morgan fingerprint density at radius 2 is 1.36 bits per heavy atom. The molecule has 1 aromatic rings. The highest BCUT2D eigenvalue weighted by molar-refractivity contribution is 6.00. The molecule has 0 aromatic heterocycles. The molecule has 1 fully saturated rings. The summed E-state index contributed by atoms with van der Waals surface area (Å²) in [5.74, 6) is -11.5. The zero-order valence-electron chi connectivity index (χ0n) is 42.2. The molecular weight excluding hydrogens is 951 g/mol. The Balaban J connectivity index is 2.70. The SMILES string of the molecule is C=C1C(=O)N[C@H](C)C(=O)N[C@@H](CCCN=C(N)N)C(=O)N[C@@H](C(=O)O)CC(=O)N[C@@H](CCCN=C(N)N)C(=O)N[C@@H](C=CC(C)=C[C@H](C)[C@H](Cc2ccccc2)OC)[C@H](C)C(=O)N[C@@H](C(=O)O)CCC(=O)N1C. The first-order valence-corrected chi connectivity index (χ1v) is 23.6. The molecule has 7 amide bonds. The van der Waals surface area contributed by atoms with E-state index in [9.17, 15) is 53.4 Å². The van der Waals surface area contributed by atoms with Gasteiger partial charge in [0.05, 0.1) is 24.5 Å². The highest BCUT2D eigenvalue weighted by Gasteiger charge is 2.34. The van der Waals surface area contributed by atoms with Crippen LogP contribution in [0.4, 0.5) is 0 Å². The molecule has 0 bridgehead atoms. The van der Waals surface area contributed by atoms with E-state index in [1.54, 1.807) is 20.1 Å². The number of amides is 7. The lowest BCUT2D eigenvalue weighted by Crippen LogP contribution is -2.56. The molecule has 0 unspecified atom stereocenters. The maximum Gasteiger partial charge on any atom is 0.326 e. The van der Waals surface area contributed by atoms with Crippen LogP contribution in [0.25, 0.3) is 0 Å². The second-order valence-corrected chi connectivity index (χ2v) is 17.6. The highest BCUT2D eigenvalue weighted by Crippen LogP contribution is 2.18. The first-order chi connectivity index (χ1) is 34.3. The van der Waals surface area contributed by atoms with Crippen molar-refractivity contribution < 1.29 is 58.1 Å². The topological polar surface area (TPSA) is 408 Å². The summed E-state index contributed by atoms with van der Waals surface area (Å²) in [6, 6.07) is 0.707. The number of ether oxygens (including phenoxy) is 1. The van der Waals surface area contributed by atoms with Gasteiger partial charge in [0.1, 0.15) is 35.9 Å². The minimum Gasteiger partial charge on any atom is -0.480 e. The first-order valence-electron chi connectivity index (χ1n) is 23.6. The fourth-order valence-corrected chi connectivity index (χ4v) is 7.33. The van der Waals surface area contributed by atoms with Crippen LogP contribution in [0, 0.1) is 11.8 Å². The summed E-state index contributed by atoms with van der Waals surface area (Å²) >= 11 is 0. The van der Waals surface area contributed by atoms with Gasteiger partial charge in [-0.25, -0.2) is 9.59 Å². The number of likely N-dealkylation sites (N-methyl/N-ethyl adjacent to an activating group) is 1. The van der Waals surface area contributed by atoms with Crippen molar-refractivity contribution in [2.24, 2.45) is 44.8 Å². The van der Waals surface area contributed by atoms with Crippen LogP contribution in [0.2, 0.25) is 0 Å². The number of aliphatic imine (C=N–C) groups is 2. The Morgan fingerprint density at radius 3 is 1.90 bits per heavy atom. The van der Waals surface area contributed by atoms with E-state index in [2.05, 4.69) is 48.5 Å². The zero-order valence-corrected chi connectivity index (χ0v) is 42.2. The number of nitrogens with one attached hydrogen (secondary N) is 6. The zero-order chi connectivity index (χ0) is 54.9. The quantitative estimate of drug-likeness (QED) is 0.0274. The normalized spacial score (nSPS) is 23.7. The van der Waals surface area contributed by atoms with Gasteiger partial charge < -0.3 is 74.7 Å². The van der Waals surface area contributed by atoms with Gasteiger partial charge >= 0.3 is 11.9 Å². The number of hydrogen-bond donors (Lipinski definition) is 12. The number of carbonyl (C=O) groups is 9. The van der Waals surface area contributed by atoms with E-state index in [4.69, 9.17) is 27.7 Å². The van der Waals surface area contributed by atoms with Crippen LogP contribution in [-0.4, -0.2) is 150 Å². The smallest absolute Gasteiger partial charge is 0.326 e. The van der Waals surface area contributed by atoms with Crippen molar-refractivity contribution in [1.82, 2.24) is 36.8 Å². The van der Waals surface area contributed by atoms with E-state index in [-0.39, 0.29) is 62.7 Å². The van der Waals surface area contributed by atoms with Crippen molar-refractivity contribution in [2.45, 2.75) is 121 Å². The Hall–Kier alpha value is -7.83. The van der Waals surface area contributed by atoms with Crippen LogP contribution >= 0.6 is 0 Å². The lowest BCUT2D eigenvalue weighted by molar-refractivity contribution is -0.144. The third-order valence-electron chi connectivity index (χ3n) is 11.7. The van der Waals surface area contributed by atoms with Gasteiger partial charge in [0.25, 0.3) is 5.91 Å². The molecule has 1 heterocycles. The molecule has 0 spiro atoms. The number of benzene rings is 1. The lowest BCUT2D eigenvalue weighted by Gasteiger charge is -2.27. The van der Waals surface area contributed by atoms with Crippen molar-refractivity contribution in [2.75, 3.05) is 27.2 Å². The van der Waals surface area contributed by atoms with Gasteiger partial charge in [0.15, 0.2) is 11.9 Å². The number of hydrogen-bond acceptors (Lipinski definition) is 12.